The number of hydrogen-bond acceptors (Lipinski definition) is 4. The first-order valence-electron chi connectivity index (χ1n) is 7.00. The summed E-state index contributed by atoms with van der Waals surface area (Å²) in [7, 11) is 3.07. The first-order valence-corrected chi connectivity index (χ1v) is 7.79. The molecule has 1 aromatic rings. The number of nitrogens with zero attached hydrogens (tertiary/aromatic N) is 2. The average molecular weight is 353 g/mol. The molecule has 0 aromatic heterocycles. The molecule has 1 aliphatic rings. The summed E-state index contributed by atoms with van der Waals surface area (Å²) in [6, 6.07) is 5.11. The van der Waals surface area contributed by atoms with E-state index in [1.807, 2.05) is 13.8 Å². The van der Waals surface area contributed by atoms with Crippen LogP contribution in [0.25, 0.3) is 6.08 Å². The fourth-order valence-electron chi connectivity index (χ4n) is 2.10. The lowest BCUT2D eigenvalue weighted by atomic mass is 10.1. The van der Waals surface area contributed by atoms with Crippen LogP contribution >= 0.6 is 23.8 Å². The third-order valence-electron chi connectivity index (χ3n) is 3.27. The van der Waals surface area contributed by atoms with Crippen LogP contribution < -0.4 is 4.74 Å². The summed E-state index contributed by atoms with van der Waals surface area (Å²) >= 11 is 11.2. The van der Waals surface area contributed by atoms with Gasteiger partial charge in [0.05, 0.1) is 11.1 Å². The van der Waals surface area contributed by atoms with E-state index >= 15 is 0 Å². The number of carbonyl (C=O) groups excluding carboxylic acids is 2. The van der Waals surface area contributed by atoms with Gasteiger partial charge in [0, 0.05) is 14.1 Å². The van der Waals surface area contributed by atoms with Gasteiger partial charge >= 0.3 is 0 Å². The molecule has 0 N–H and O–H groups in total. The van der Waals surface area contributed by atoms with E-state index in [0.717, 1.165) is 0 Å². The van der Waals surface area contributed by atoms with Crippen molar-refractivity contribution in [2.75, 3.05) is 14.1 Å². The first-order chi connectivity index (χ1) is 10.7. The van der Waals surface area contributed by atoms with Crippen LogP contribution in [0.2, 0.25) is 5.02 Å². The van der Waals surface area contributed by atoms with Gasteiger partial charge in [-0.25, -0.2) is 0 Å². The zero-order chi connectivity index (χ0) is 17.3. The van der Waals surface area contributed by atoms with Crippen molar-refractivity contribution in [3.63, 3.8) is 0 Å². The van der Waals surface area contributed by atoms with Crippen LogP contribution in [-0.4, -0.2) is 46.9 Å². The van der Waals surface area contributed by atoms with Crippen LogP contribution in [0.4, 0.5) is 0 Å². The largest absolute Gasteiger partial charge is 0.489 e. The van der Waals surface area contributed by atoms with Gasteiger partial charge in [-0.2, -0.15) is 0 Å². The maximum absolute atomic E-state index is 12.3. The standard InChI is InChI=1S/C16H17ClN2O3S/c1-9(2)22-13-6-5-10(8-12(13)17)7-11-14(20)18(3)16(23)19(4)15(11)21/h5-9H,1-4H3. The highest BCUT2D eigenvalue weighted by molar-refractivity contribution is 7.80. The molecule has 0 bridgehead atoms. The SMILES string of the molecule is CC(C)Oc1ccc(C=C2C(=O)N(C)C(=S)N(C)C2=O)cc1Cl. The van der Waals surface area contributed by atoms with Gasteiger partial charge in [0.2, 0.25) is 0 Å². The van der Waals surface area contributed by atoms with E-state index in [1.54, 1.807) is 18.2 Å². The van der Waals surface area contributed by atoms with E-state index in [0.29, 0.717) is 16.3 Å². The van der Waals surface area contributed by atoms with Gasteiger partial charge in [0.15, 0.2) is 5.11 Å². The number of amides is 2. The molecule has 5 nitrogen and oxygen atoms in total. The van der Waals surface area contributed by atoms with Gasteiger partial charge in [-0.05, 0) is 49.8 Å². The number of ether oxygens (including phenoxy) is 1. The van der Waals surface area contributed by atoms with Crippen molar-refractivity contribution in [2.24, 2.45) is 0 Å². The second-order valence-corrected chi connectivity index (χ2v) is 6.20. The lowest BCUT2D eigenvalue weighted by molar-refractivity contribution is -0.132. The molecule has 1 saturated heterocycles. The summed E-state index contributed by atoms with van der Waals surface area (Å²) in [6.45, 7) is 3.81. The van der Waals surface area contributed by atoms with Crippen LogP contribution in [0, 0.1) is 0 Å². The van der Waals surface area contributed by atoms with Crippen LogP contribution in [0.15, 0.2) is 23.8 Å². The molecule has 2 amide bonds. The Kier molecular flexibility index (Phi) is 5.06. The molecule has 1 aromatic carbocycles. The molecule has 0 spiro atoms. The number of halogens is 1. The highest BCUT2D eigenvalue weighted by Gasteiger charge is 2.35. The van der Waals surface area contributed by atoms with Gasteiger partial charge in [-0.15, -0.1) is 0 Å². The van der Waals surface area contributed by atoms with E-state index in [-0.39, 0.29) is 16.8 Å². The smallest absolute Gasteiger partial charge is 0.265 e. The van der Waals surface area contributed by atoms with E-state index in [1.165, 1.54) is 30.0 Å². The van der Waals surface area contributed by atoms with E-state index in [4.69, 9.17) is 28.6 Å². The Hall–Kier alpha value is -1.92. The van der Waals surface area contributed by atoms with Crippen LogP contribution in [0.1, 0.15) is 19.4 Å². The monoisotopic (exact) mass is 352 g/mol. The van der Waals surface area contributed by atoms with E-state index in [2.05, 4.69) is 0 Å². The zero-order valence-electron chi connectivity index (χ0n) is 13.3. The Morgan fingerprint density at radius 2 is 1.74 bits per heavy atom. The third-order valence-corrected chi connectivity index (χ3v) is 4.12. The van der Waals surface area contributed by atoms with Crippen LogP contribution in [0.5, 0.6) is 5.75 Å². The molecule has 0 atom stereocenters. The van der Waals surface area contributed by atoms with Crippen molar-refractivity contribution in [1.82, 2.24) is 9.80 Å². The number of rotatable bonds is 3. The van der Waals surface area contributed by atoms with Crippen molar-refractivity contribution < 1.29 is 14.3 Å². The van der Waals surface area contributed by atoms with Crippen molar-refractivity contribution in [1.29, 1.82) is 0 Å². The molecule has 23 heavy (non-hydrogen) atoms. The summed E-state index contributed by atoms with van der Waals surface area (Å²) < 4.78 is 5.56. The minimum atomic E-state index is -0.434. The number of benzene rings is 1. The predicted octanol–water partition coefficient (Wildman–Crippen LogP) is 2.73. The quantitative estimate of drug-likeness (QED) is 0.477. The molecule has 1 heterocycles. The Morgan fingerprint density at radius 1 is 1.17 bits per heavy atom. The molecule has 1 aliphatic heterocycles. The Morgan fingerprint density at radius 3 is 2.22 bits per heavy atom. The molecular formula is C16H17ClN2O3S. The number of likely N-dealkylation sites (N-methyl/N-ethyl adjacent to an activating group) is 2. The molecule has 0 unspecified atom stereocenters. The third kappa shape index (κ3) is 3.54. The van der Waals surface area contributed by atoms with Crippen LogP contribution in [-0.2, 0) is 9.59 Å². The normalized spacial score (nSPS) is 15.6. The predicted molar refractivity (Wildman–Crippen MR) is 93.3 cm³/mol. The summed E-state index contributed by atoms with van der Waals surface area (Å²) in [5.41, 5.74) is 0.676. The zero-order valence-corrected chi connectivity index (χ0v) is 14.9. The molecule has 0 aliphatic carbocycles. The maximum atomic E-state index is 12.3. The number of thiocarbonyl (C=S) groups is 1. The van der Waals surface area contributed by atoms with Crippen molar-refractivity contribution >= 4 is 46.8 Å². The Balaban J connectivity index is 2.37. The minimum Gasteiger partial charge on any atom is -0.489 e. The summed E-state index contributed by atoms with van der Waals surface area (Å²) in [4.78, 5) is 27.0. The highest BCUT2D eigenvalue weighted by Crippen LogP contribution is 2.28. The summed E-state index contributed by atoms with van der Waals surface area (Å²) in [5, 5.41) is 0.594. The fourth-order valence-corrected chi connectivity index (χ4v) is 2.50. The molecular weight excluding hydrogens is 336 g/mol. The van der Waals surface area contributed by atoms with Crippen molar-refractivity contribution in [3.05, 3.63) is 34.4 Å². The van der Waals surface area contributed by atoms with E-state index in [9.17, 15) is 9.59 Å². The minimum absolute atomic E-state index is 0.00140. The number of hydrogen-bond donors (Lipinski definition) is 0. The Labute approximate surface area is 145 Å². The van der Waals surface area contributed by atoms with Crippen LogP contribution in [0.3, 0.4) is 0 Å². The van der Waals surface area contributed by atoms with Crippen molar-refractivity contribution in [2.45, 2.75) is 20.0 Å². The first kappa shape index (κ1) is 17.4. The molecule has 122 valence electrons. The second-order valence-electron chi connectivity index (χ2n) is 5.43. The lowest BCUT2D eigenvalue weighted by Gasteiger charge is -2.31. The number of carbonyl (C=O) groups is 2. The van der Waals surface area contributed by atoms with Gasteiger partial charge in [-0.1, -0.05) is 17.7 Å². The van der Waals surface area contributed by atoms with Gasteiger partial charge in [0.25, 0.3) is 11.8 Å². The van der Waals surface area contributed by atoms with Gasteiger partial charge < -0.3 is 4.74 Å². The topological polar surface area (TPSA) is 49.9 Å². The Bertz CT molecular complexity index is 689. The highest BCUT2D eigenvalue weighted by atomic mass is 35.5. The van der Waals surface area contributed by atoms with Gasteiger partial charge in [-0.3, -0.25) is 19.4 Å². The van der Waals surface area contributed by atoms with Crippen molar-refractivity contribution in [3.8, 4) is 5.75 Å². The fraction of sp³-hybridized carbons (Fsp3) is 0.312. The molecule has 0 saturated carbocycles. The second kappa shape index (κ2) is 6.68. The molecule has 2 rings (SSSR count). The van der Waals surface area contributed by atoms with Gasteiger partial charge in [0.1, 0.15) is 11.3 Å². The molecule has 1 fully saturated rings. The summed E-state index contributed by atoms with van der Waals surface area (Å²) in [6.07, 6.45) is 1.51. The van der Waals surface area contributed by atoms with E-state index < -0.39 is 11.8 Å². The molecule has 0 radical (unpaired) electrons. The maximum Gasteiger partial charge on any atom is 0.265 e. The lowest BCUT2D eigenvalue weighted by Crippen LogP contribution is -2.52. The average Bonchev–Trinajstić information content (AvgIpc) is 2.50. The summed E-state index contributed by atoms with van der Waals surface area (Å²) in [5.74, 6) is -0.311. The molecule has 7 heteroatoms.